The van der Waals surface area contributed by atoms with Gasteiger partial charge in [0.25, 0.3) is 5.91 Å². The average molecular weight is 699 g/mol. The van der Waals surface area contributed by atoms with Crippen LogP contribution in [0, 0.1) is 30.1 Å². The molecule has 2 aliphatic rings. The molecule has 0 unspecified atom stereocenters. The lowest BCUT2D eigenvalue weighted by Crippen LogP contribution is -2.41. The Balaban J connectivity index is 1.09. The molecule has 0 aliphatic carbocycles. The number of carbonyl (C=O) groups excluding carboxylic acids is 1. The summed E-state index contributed by atoms with van der Waals surface area (Å²) < 4.78 is 54.2. The third-order valence-corrected chi connectivity index (χ3v) is 11.3. The molecule has 5 heterocycles. The van der Waals surface area contributed by atoms with Crippen molar-refractivity contribution in [2.24, 2.45) is 11.8 Å². The average Bonchev–Trinajstić information content (AvgIpc) is 3.66. The summed E-state index contributed by atoms with van der Waals surface area (Å²) in [6.45, 7) is 7.71. The number of likely N-dealkylation sites (tertiary alicyclic amines) is 2. The van der Waals surface area contributed by atoms with Crippen molar-refractivity contribution < 1.29 is 22.4 Å². The number of rotatable bonds is 10. The largest absolute Gasteiger partial charge is 0.393 e. The molecule has 1 amide bonds. The van der Waals surface area contributed by atoms with Gasteiger partial charge in [0.2, 0.25) is 5.95 Å². The summed E-state index contributed by atoms with van der Waals surface area (Å²) in [6.07, 6.45) is -1.89. The summed E-state index contributed by atoms with van der Waals surface area (Å²) in [7, 11) is 1.69. The van der Waals surface area contributed by atoms with Crippen LogP contribution in [0.4, 0.5) is 29.3 Å². The highest BCUT2D eigenvalue weighted by atomic mass is 32.1. The lowest BCUT2D eigenvalue weighted by atomic mass is 9.85. The number of carbonyl (C=O) groups is 1. The van der Waals surface area contributed by atoms with Crippen LogP contribution >= 0.6 is 11.3 Å². The molecule has 14 heteroatoms. The van der Waals surface area contributed by atoms with Gasteiger partial charge in [0.05, 0.1) is 11.8 Å². The minimum absolute atomic E-state index is 0.124. The Morgan fingerprint density at radius 3 is 2.49 bits per heavy atom. The SMILES string of the molecule is CNc1nc(NC2CCN(Cc3ccc4c(cc(C#N)n4C[C@H](C)C4CCN(C(=O)CF)CC4)c3C)CC2)c2cc(CC(F)(F)F)sc2n1. The first-order valence-corrected chi connectivity index (χ1v) is 17.7. The molecule has 2 aliphatic heterocycles. The number of thiophene rings is 1. The zero-order valence-electron chi connectivity index (χ0n) is 28.0. The highest BCUT2D eigenvalue weighted by molar-refractivity contribution is 7.18. The number of nitrogens with zero attached hydrogens (tertiary/aromatic N) is 6. The van der Waals surface area contributed by atoms with Crippen molar-refractivity contribution in [3.63, 3.8) is 0 Å². The summed E-state index contributed by atoms with van der Waals surface area (Å²) in [5, 5.41) is 18.1. The van der Waals surface area contributed by atoms with E-state index in [1.165, 1.54) is 5.56 Å². The van der Waals surface area contributed by atoms with Crippen LogP contribution in [0.25, 0.3) is 21.1 Å². The fourth-order valence-corrected chi connectivity index (χ4v) is 8.43. The number of nitrogens with one attached hydrogen (secondary N) is 2. The molecular weight excluding hydrogens is 656 g/mol. The van der Waals surface area contributed by atoms with Gasteiger partial charge in [-0.05, 0) is 73.8 Å². The third kappa shape index (κ3) is 7.78. The molecule has 262 valence electrons. The van der Waals surface area contributed by atoms with Crippen LogP contribution in [-0.4, -0.2) is 82.4 Å². The predicted octanol–water partition coefficient (Wildman–Crippen LogP) is 6.89. The molecule has 9 nitrogen and oxygen atoms in total. The third-order valence-electron chi connectivity index (χ3n) is 10.2. The molecule has 2 saturated heterocycles. The van der Waals surface area contributed by atoms with Crippen molar-refractivity contribution in [3.05, 3.63) is 46.0 Å². The second-order valence-corrected chi connectivity index (χ2v) is 14.5. The lowest BCUT2D eigenvalue weighted by molar-refractivity contribution is -0.133. The van der Waals surface area contributed by atoms with Gasteiger partial charge in [-0.15, -0.1) is 11.3 Å². The number of benzene rings is 1. The van der Waals surface area contributed by atoms with Crippen molar-refractivity contribution in [2.45, 2.75) is 71.3 Å². The van der Waals surface area contributed by atoms with Crippen molar-refractivity contribution in [1.82, 2.24) is 24.3 Å². The Morgan fingerprint density at radius 1 is 1.10 bits per heavy atom. The van der Waals surface area contributed by atoms with Gasteiger partial charge < -0.3 is 20.1 Å². The van der Waals surface area contributed by atoms with E-state index in [1.807, 2.05) is 6.07 Å². The molecule has 2 fully saturated rings. The van der Waals surface area contributed by atoms with E-state index >= 15 is 0 Å². The molecule has 4 aromatic rings. The van der Waals surface area contributed by atoms with Crippen molar-refractivity contribution in [1.29, 1.82) is 5.26 Å². The maximum atomic E-state index is 13.1. The quantitative estimate of drug-likeness (QED) is 0.174. The number of amides is 1. The Hall–Kier alpha value is -3.96. The normalized spacial score (nSPS) is 17.5. The molecule has 6 rings (SSSR count). The maximum Gasteiger partial charge on any atom is 0.393 e. The van der Waals surface area contributed by atoms with Crippen molar-refractivity contribution >= 4 is 50.1 Å². The number of hydrogen-bond acceptors (Lipinski definition) is 8. The number of hydrogen-bond donors (Lipinski definition) is 2. The predicted molar refractivity (Wildman–Crippen MR) is 184 cm³/mol. The number of aryl methyl sites for hydroxylation is 1. The number of alkyl halides is 4. The van der Waals surface area contributed by atoms with Crippen LogP contribution < -0.4 is 10.6 Å². The number of piperidine rings is 2. The standard InChI is InChI=1S/C35H42F4N8OS/c1-21(23-6-12-46(13-7-23)31(48)17-36)19-47-26(18-40)14-28-22(2)24(4-5-30(28)47)20-45-10-8-25(9-11-45)42-32-29-15-27(16-35(37,38)39)49-33(29)44-34(41-3)43-32/h4-5,14-15,21,23,25H,6-13,16-17,19-20H2,1-3H3,(H2,41,42,43,44)/t21-/m0/s1. The van der Waals surface area contributed by atoms with Crippen LogP contribution in [0.3, 0.4) is 0 Å². The van der Waals surface area contributed by atoms with E-state index in [1.54, 1.807) is 18.0 Å². The highest BCUT2D eigenvalue weighted by Gasteiger charge is 2.30. The van der Waals surface area contributed by atoms with E-state index in [9.17, 15) is 27.6 Å². The Bertz CT molecular complexity index is 1850. The van der Waals surface area contributed by atoms with E-state index in [0.717, 1.165) is 73.1 Å². The van der Waals surface area contributed by atoms with E-state index in [-0.39, 0.29) is 10.9 Å². The first-order chi connectivity index (χ1) is 23.5. The van der Waals surface area contributed by atoms with Gasteiger partial charge in [-0.25, -0.2) is 9.37 Å². The van der Waals surface area contributed by atoms with Crippen LogP contribution in [0.1, 0.15) is 54.3 Å². The van der Waals surface area contributed by atoms with Crippen LogP contribution in [0.15, 0.2) is 24.3 Å². The molecule has 0 saturated carbocycles. The van der Waals surface area contributed by atoms with Crippen molar-refractivity contribution in [3.8, 4) is 6.07 Å². The Morgan fingerprint density at radius 2 is 1.84 bits per heavy atom. The lowest BCUT2D eigenvalue weighted by Gasteiger charge is -2.35. The van der Waals surface area contributed by atoms with Gasteiger partial charge in [0.1, 0.15) is 22.4 Å². The van der Waals surface area contributed by atoms with Gasteiger partial charge in [-0.3, -0.25) is 9.69 Å². The van der Waals surface area contributed by atoms with Gasteiger partial charge in [-0.1, -0.05) is 13.0 Å². The fourth-order valence-electron chi connectivity index (χ4n) is 7.37. The second-order valence-electron chi connectivity index (χ2n) is 13.4. The first kappa shape index (κ1) is 34.9. The fraction of sp³-hybridized carbons (Fsp3) is 0.543. The first-order valence-electron chi connectivity index (χ1n) is 16.9. The molecule has 0 bridgehead atoms. The Kier molecular flexibility index (Phi) is 10.3. The molecule has 49 heavy (non-hydrogen) atoms. The van der Waals surface area contributed by atoms with E-state index in [4.69, 9.17) is 0 Å². The van der Waals surface area contributed by atoms with Gasteiger partial charge in [-0.2, -0.15) is 23.4 Å². The number of fused-ring (bicyclic) bond motifs is 2. The molecular formula is C35H42F4N8OS. The zero-order valence-corrected chi connectivity index (χ0v) is 28.9. The van der Waals surface area contributed by atoms with Crippen LogP contribution in [0.2, 0.25) is 0 Å². The van der Waals surface area contributed by atoms with E-state index in [0.29, 0.717) is 59.1 Å². The van der Waals surface area contributed by atoms with Gasteiger partial charge in [0, 0.05) is 68.1 Å². The molecule has 0 radical (unpaired) electrons. The summed E-state index contributed by atoms with van der Waals surface area (Å²) in [5.74, 6) is 1.19. The molecule has 3 aromatic heterocycles. The highest BCUT2D eigenvalue weighted by Crippen LogP contribution is 2.35. The van der Waals surface area contributed by atoms with Crippen LogP contribution in [0.5, 0.6) is 0 Å². The summed E-state index contributed by atoms with van der Waals surface area (Å²) in [5.41, 5.74) is 4.05. The summed E-state index contributed by atoms with van der Waals surface area (Å²) in [6, 6.07) is 10.3. The molecule has 1 atom stereocenters. The van der Waals surface area contributed by atoms with E-state index < -0.39 is 25.2 Å². The minimum Gasteiger partial charge on any atom is -0.367 e. The topological polar surface area (TPSA) is 102 Å². The maximum absolute atomic E-state index is 13.1. The van der Waals surface area contributed by atoms with E-state index in [2.05, 4.69) is 62.1 Å². The van der Waals surface area contributed by atoms with Crippen LogP contribution in [-0.2, 0) is 24.3 Å². The number of nitriles is 1. The molecule has 0 spiro atoms. The Labute approximate surface area is 287 Å². The number of aromatic nitrogens is 3. The van der Waals surface area contributed by atoms with Gasteiger partial charge >= 0.3 is 6.18 Å². The zero-order chi connectivity index (χ0) is 34.9. The number of halogens is 4. The molecule has 1 aromatic carbocycles. The smallest absolute Gasteiger partial charge is 0.367 e. The number of anilines is 2. The summed E-state index contributed by atoms with van der Waals surface area (Å²) >= 11 is 1.05. The second kappa shape index (κ2) is 14.5. The van der Waals surface area contributed by atoms with Crippen molar-refractivity contribution in [2.75, 3.05) is 50.5 Å². The van der Waals surface area contributed by atoms with Gasteiger partial charge in [0.15, 0.2) is 6.67 Å². The molecule has 2 N–H and O–H groups in total. The summed E-state index contributed by atoms with van der Waals surface area (Å²) in [4.78, 5) is 25.5. The monoisotopic (exact) mass is 698 g/mol. The minimum atomic E-state index is -4.29.